The predicted molar refractivity (Wildman–Crippen MR) is 54.4 cm³/mol. The molecule has 2 nitrogen and oxygen atoms in total. The van der Waals surface area contributed by atoms with Crippen molar-refractivity contribution in [2.75, 3.05) is 6.54 Å². The maximum atomic E-state index is 13.3. The van der Waals surface area contributed by atoms with E-state index in [2.05, 4.69) is 0 Å². The molecule has 0 fully saturated rings. The Kier molecular flexibility index (Phi) is 4.04. The van der Waals surface area contributed by atoms with Crippen LogP contribution < -0.4 is 5.73 Å². The standard InChI is InChI=1S/C11H16FNO/c1-8(2)14-11(7-13)9-5-3-4-6-10(9)12/h3-6,8,11H,7,13H2,1-2H3. The van der Waals surface area contributed by atoms with Crippen molar-refractivity contribution in [1.29, 1.82) is 0 Å². The zero-order valence-corrected chi connectivity index (χ0v) is 8.53. The van der Waals surface area contributed by atoms with Crippen LogP contribution in [0.1, 0.15) is 25.5 Å². The van der Waals surface area contributed by atoms with Crippen molar-refractivity contribution in [3.63, 3.8) is 0 Å². The first-order valence-corrected chi connectivity index (χ1v) is 4.75. The van der Waals surface area contributed by atoms with Crippen LogP contribution in [0.2, 0.25) is 0 Å². The van der Waals surface area contributed by atoms with E-state index >= 15 is 0 Å². The van der Waals surface area contributed by atoms with E-state index in [1.54, 1.807) is 18.2 Å². The van der Waals surface area contributed by atoms with Crippen molar-refractivity contribution in [2.45, 2.75) is 26.1 Å². The number of rotatable bonds is 4. The average molecular weight is 197 g/mol. The molecule has 0 aliphatic carbocycles. The lowest BCUT2D eigenvalue weighted by molar-refractivity contribution is 0.0101. The largest absolute Gasteiger partial charge is 0.369 e. The lowest BCUT2D eigenvalue weighted by atomic mass is 10.1. The van der Waals surface area contributed by atoms with Crippen LogP contribution in [0.3, 0.4) is 0 Å². The summed E-state index contributed by atoms with van der Waals surface area (Å²) in [5.74, 6) is -0.261. The number of benzene rings is 1. The minimum atomic E-state index is -0.351. The molecule has 1 unspecified atom stereocenters. The number of hydrogen-bond donors (Lipinski definition) is 1. The Bertz CT molecular complexity index is 288. The monoisotopic (exact) mass is 197 g/mol. The number of nitrogens with two attached hydrogens (primary N) is 1. The number of hydrogen-bond acceptors (Lipinski definition) is 2. The second kappa shape index (κ2) is 5.08. The maximum Gasteiger partial charge on any atom is 0.129 e. The molecular weight excluding hydrogens is 181 g/mol. The Morgan fingerprint density at radius 1 is 1.36 bits per heavy atom. The van der Waals surface area contributed by atoms with Crippen LogP contribution in [0.5, 0.6) is 0 Å². The van der Waals surface area contributed by atoms with Gasteiger partial charge < -0.3 is 10.5 Å². The number of halogens is 1. The third-order valence-electron chi connectivity index (χ3n) is 1.90. The Hall–Kier alpha value is -0.930. The summed E-state index contributed by atoms with van der Waals surface area (Å²) in [5, 5.41) is 0. The van der Waals surface area contributed by atoms with Gasteiger partial charge in [-0.15, -0.1) is 0 Å². The Morgan fingerprint density at radius 3 is 2.50 bits per heavy atom. The fraction of sp³-hybridized carbons (Fsp3) is 0.455. The van der Waals surface area contributed by atoms with Crippen molar-refractivity contribution >= 4 is 0 Å². The SMILES string of the molecule is CC(C)OC(CN)c1ccccc1F. The van der Waals surface area contributed by atoms with Gasteiger partial charge in [0, 0.05) is 12.1 Å². The van der Waals surface area contributed by atoms with Gasteiger partial charge in [-0.25, -0.2) is 4.39 Å². The summed E-state index contributed by atoms with van der Waals surface area (Å²) in [4.78, 5) is 0. The first kappa shape index (κ1) is 11.1. The highest BCUT2D eigenvalue weighted by Crippen LogP contribution is 2.20. The molecule has 0 radical (unpaired) electrons. The quantitative estimate of drug-likeness (QED) is 0.803. The normalized spacial score (nSPS) is 13.2. The Morgan fingerprint density at radius 2 is 2.00 bits per heavy atom. The molecule has 0 aliphatic heterocycles. The Labute approximate surface area is 83.9 Å². The van der Waals surface area contributed by atoms with Crippen LogP contribution >= 0.6 is 0 Å². The summed E-state index contributed by atoms with van der Waals surface area (Å²) >= 11 is 0. The van der Waals surface area contributed by atoms with E-state index in [4.69, 9.17) is 10.5 Å². The summed E-state index contributed by atoms with van der Waals surface area (Å²) in [6.07, 6.45) is -0.306. The molecule has 0 saturated heterocycles. The molecular formula is C11H16FNO. The maximum absolute atomic E-state index is 13.3. The van der Waals surface area contributed by atoms with Gasteiger partial charge in [-0.05, 0) is 19.9 Å². The third-order valence-corrected chi connectivity index (χ3v) is 1.90. The van der Waals surface area contributed by atoms with Crippen molar-refractivity contribution in [1.82, 2.24) is 0 Å². The van der Waals surface area contributed by atoms with Gasteiger partial charge in [0.2, 0.25) is 0 Å². The lowest BCUT2D eigenvalue weighted by Gasteiger charge is -2.19. The Balaban J connectivity index is 2.83. The molecule has 1 atom stereocenters. The molecule has 0 saturated carbocycles. The predicted octanol–water partition coefficient (Wildman–Crippen LogP) is 2.25. The van der Waals surface area contributed by atoms with Gasteiger partial charge in [0.1, 0.15) is 5.82 Å². The van der Waals surface area contributed by atoms with E-state index in [-0.39, 0.29) is 18.0 Å². The molecule has 1 aromatic rings. The molecule has 2 N–H and O–H groups in total. The molecule has 0 heterocycles. The zero-order valence-electron chi connectivity index (χ0n) is 8.53. The van der Waals surface area contributed by atoms with Gasteiger partial charge in [-0.2, -0.15) is 0 Å². The van der Waals surface area contributed by atoms with Crippen LogP contribution in [0, 0.1) is 5.82 Å². The molecule has 1 aromatic carbocycles. The minimum Gasteiger partial charge on any atom is -0.369 e. The lowest BCUT2D eigenvalue weighted by Crippen LogP contribution is -2.20. The zero-order chi connectivity index (χ0) is 10.6. The summed E-state index contributed by atoms with van der Waals surface area (Å²) in [7, 11) is 0. The summed E-state index contributed by atoms with van der Waals surface area (Å²) in [6, 6.07) is 6.56. The highest BCUT2D eigenvalue weighted by Gasteiger charge is 2.15. The van der Waals surface area contributed by atoms with Crippen LogP contribution in [0.15, 0.2) is 24.3 Å². The summed E-state index contributed by atoms with van der Waals surface area (Å²) < 4.78 is 18.8. The topological polar surface area (TPSA) is 35.2 Å². The first-order chi connectivity index (χ1) is 6.65. The highest BCUT2D eigenvalue weighted by atomic mass is 19.1. The summed E-state index contributed by atoms with van der Waals surface area (Å²) in [5.41, 5.74) is 6.06. The van der Waals surface area contributed by atoms with Gasteiger partial charge in [0.05, 0.1) is 12.2 Å². The molecule has 0 spiro atoms. The smallest absolute Gasteiger partial charge is 0.129 e. The van der Waals surface area contributed by atoms with E-state index in [9.17, 15) is 4.39 Å². The fourth-order valence-corrected chi connectivity index (χ4v) is 1.32. The second-order valence-corrected chi connectivity index (χ2v) is 3.43. The molecule has 3 heteroatoms. The van der Waals surface area contributed by atoms with E-state index in [0.717, 1.165) is 0 Å². The van der Waals surface area contributed by atoms with E-state index in [0.29, 0.717) is 12.1 Å². The average Bonchev–Trinajstić information content (AvgIpc) is 2.15. The molecule has 0 aliphatic rings. The second-order valence-electron chi connectivity index (χ2n) is 3.43. The van der Waals surface area contributed by atoms with Crippen molar-refractivity contribution in [2.24, 2.45) is 5.73 Å². The molecule has 0 amide bonds. The van der Waals surface area contributed by atoms with Crippen LogP contribution in [0.4, 0.5) is 4.39 Å². The van der Waals surface area contributed by atoms with Gasteiger partial charge in [-0.3, -0.25) is 0 Å². The summed E-state index contributed by atoms with van der Waals surface area (Å²) in [6.45, 7) is 4.10. The molecule has 0 bridgehead atoms. The molecule has 78 valence electrons. The van der Waals surface area contributed by atoms with E-state index < -0.39 is 0 Å². The molecule has 0 aromatic heterocycles. The van der Waals surface area contributed by atoms with Crippen LogP contribution in [-0.4, -0.2) is 12.6 Å². The van der Waals surface area contributed by atoms with Gasteiger partial charge in [0.15, 0.2) is 0 Å². The van der Waals surface area contributed by atoms with Gasteiger partial charge in [-0.1, -0.05) is 18.2 Å². The fourth-order valence-electron chi connectivity index (χ4n) is 1.32. The van der Waals surface area contributed by atoms with Gasteiger partial charge in [0.25, 0.3) is 0 Å². The van der Waals surface area contributed by atoms with E-state index in [1.807, 2.05) is 13.8 Å². The third kappa shape index (κ3) is 2.79. The minimum absolute atomic E-state index is 0.0446. The van der Waals surface area contributed by atoms with Crippen LogP contribution in [0.25, 0.3) is 0 Å². The van der Waals surface area contributed by atoms with Crippen LogP contribution in [-0.2, 0) is 4.74 Å². The molecule has 14 heavy (non-hydrogen) atoms. The van der Waals surface area contributed by atoms with Gasteiger partial charge >= 0.3 is 0 Å². The molecule has 1 rings (SSSR count). The number of ether oxygens (including phenoxy) is 1. The van der Waals surface area contributed by atoms with Crippen molar-refractivity contribution < 1.29 is 9.13 Å². The van der Waals surface area contributed by atoms with Crippen molar-refractivity contribution in [3.05, 3.63) is 35.6 Å². The highest BCUT2D eigenvalue weighted by molar-refractivity contribution is 5.20. The van der Waals surface area contributed by atoms with Crippen molar-refractivity contribution in [3.8, 4) is 0 Å². The first-order valence-electron chi connectivity index (χ1n) is 4.75. The van der Waals surface area contributed by atoms with E-state index in [1.165, 1.54) is 6.07 Å².